The standard InChI is InChI=1S/C15H15NO3/c1-10-7-12(15(17)18)9-13(16-10)8-11-3-5-14(19-2)6-4-11/h3-7,9H,8H2,1-2H3,(H,17,18). The second kappa shape index (κ2) is 5.52. The molecular formula is C15H15NO3. The second-order valence-corrected chi connectivity index (χ2v) is 4.32. The first-order valence-electron chi connectivity index (χ1n) is 5.92. The lowest BCUT2D eigenvalue weighted by molar-refractivity contribution is 0.0696. The molecule has 0 bridgehead atoms. The van der Waals surface area contributed by atoms with Crippen LogP contribution in [0.3, 0.4) is 0 Å². The molecule has 0 atom stereocenters. The minimum absolute atomic E-state index is 0.274. The maximum atomic E-state index is 11.0. The highest BCUT2D eigenvalue weighted by atomic mass is 16.5. The van der Waals surface area contributed by atoms with Crippen molar-refractivity contribution in [2.75, 3.05) is 7.11 Å². The van der Waals surface area contributed by atoms with E-state index in [1.165, 1.54) is 0 Å². The number of pyridine rings is 1. The minimum atomic E-state index is -0.929. The number of carboxylic acid groups (broad SMARTS) is 1. The first-order chi connectivity index (χ1) is 9.08. The Morgan fingerprint density at radius 3 is 2.53 bits per heavy atom. The van der Waals surface area contributed by atoms with Gasteiger partial charge in [-0.2, -0.15) is 0 Å². The summed E-state index contributed by atoms with van der Waals surface area (Å²) < 4.78 is 5.10. The first-order valence-corrected chi connectivity index (χ1v) is 5.92. The Morgan fingerprint density at radius 1 is 1.26 bits per heavy atom. The van der Waals surface area contributed by atoms with Gasteiger partial charge in [-0.05, 0) is 36.8 Å². The topological polar surface area (TPSA) is 59.4 Å². The van der Waals surface area contributed by atoms with Crippen molar-refractivity contribution < 1.29 is 14.6 Å². The van der Waals surface area contributed by atoms with Crippen molar-refractivity contribution in [2.45, 2.75) is 13.3 Å². The summed E-state index contributed by atoms with van der Waals surface area (Å²) in [6.45, 7) is 1.80. The van der Waals surface area contributed by atoms with Crippen molar-refractivity contribution in [1.82, 2.24) is 4.98 Å². The van der Waals surface area contributed by atoms with Gasteiger partial charge in [0.15, 0.2) is 0 Å². The summed E-state index contributed by atoms with van der Waals surface area (Å²) >= 11 is 0. The second-order valence-electron chi connectivity index (χ2n) is 4.32. The van der Waals surface area contributed by atoms with Gasteiger partial charge in [-0.1, -0.05) is 12.1 Å². The molecule has 0 saturated heterocycles. The molecule has 1 heterocycles. The van der Waals surface area contributed by atoms with E-state index in [-0.39, 0.29) is 5.56 Å². The monoisotopic (exact) mass is 257 g/mol. The largest absolute Gasteiger partial charge is 0.497 e. The zero-order valence-corrected chi connectivity index (χ0v) is 10.9. The van der Waals surface area contributed by atoms with E-state index in [0.717, 1.165) is 17.0 Å². The van der Waals surface area contributed by atoms with E-state index >= 15 is 0 Å². The van der Waals surface area contributed by atoms with Gasteiger partial charge in [-0.25, -0.2) is 4.79 Å². The minimum Gasteiger partial charge on any atom is -0.497 e. The molecule has 1 aromatic heterocycles. The summed E-state index contributed by atoms with van der Waals surface area (Å²) in [4.78, 5) is 15.4. The third-order valence-corrected chi connectivity index (χ3v) is 2.80. The van der Waals surface area contributed by atoms with Crippen molar-refractivity contribution >= 4 is 5.97 Å². The lowest BCUT2D eigenvalue weighted by Gasteiger charge is -2.05. The van der Waals surface area contributed by atoms with Gasteiger partial charge in [-0.3, -0.25) is 4.98 Å². The van der Waals surface area contributed by atoms with Crippen LogP contribution in [0.1, 0.15) is 27.3 Å². The summed E-state index contributed by atoms with van der Waals surface area (Å²) in [5.74, 6) is -0.131. The number of aryl methyl sites for hydroxylation is 1. The fourth-order valence-electron chi connectivity index (χ4n) is 1.90. The molecule has 19 heavy (non-hydrogen) atoms. The molecule has 0 aliphatic heterocycles. The highest BCUT2D eigenvalue weighted by molar-refractivity contribution is 5.87. The Hall–Kier alpha value is -2.36. The Bertz CT molecular complexity index is 591. The summed E-state index contributed by atoms with van der Waals surface area (Å²) in [5, 5.41) is 9.02. The van der Waals surface area contributed by atoms with E-state index < -0.39 is 5.97 Å². The summed E-state index contributed by atoms with van der Waals surface area (Å²) in [5.41, 5.74) is 2.80. The normalized spacial score (nSPS) is 10.2. The number of ether oxygens (including phenoxy) is 1. The van der Waals surface area contributed by atoms with Gasteiger partial charge in [0, 0.05) is 17.8 Å². The van der Waals surface area contributed by atoms with E-state index in [0.29, 0.717) is 12.1 Å². The molecule has 0 aliphatic rings. The molecular weight excluding hydrogens is 242 g/mol. The predicted molar refractivity (Wildman–Crippen MR) is 71.7 cm³/mol. The summed E-state index contributed by atoms with van der Waals surface area (Å²) in [6.07, 6.45) is 0.603. The number of methoxy groups -OCH3 is 1. The van der Waals surface area contributed by atoms with Gasteiger partial charge in [-0.15, -0.1) is 0 Å². The quantitative estimate of drug-likeness (QED) is 0.914. The number of hydrogen-bond donors (Lipinski definition) is 1. The van der Waals surface area contributed by atoms with Gasteiger partial charge < -0.3 is 9.84 Å². The SMILES string of the molecule is COc1ccc(Cc2cc(C(=O)O)cc(C)n2)cc1. The molecule has 98 valence electrons. The molecule has 4 nitrogen and oxygen atoms in total. The van der Waals surface area contributed by atoms with Gasteiger partial charge >= 0.3 is 5.97 Å². The number of carboxylic acids is 1. The molecule has 0 radical (unpaired) electrons. The summed E-state index contributed by atoms with van der Waals surface area (Å²) in [7, 11) is 1.62. The molecule has 0 aliphatic carbocycles. The maximum absolute atomic E-state index is 11.0. The Morgan fingerprint density at radius 2 is 1.95 bits per heavy atom. The van der Waals surface area contributed by atoms with E-state index in [2.05, 4.69) is 4.98 Å². The van der Waals surface area contributed by atoms with Crippen LogP contribution in [0.15, 0.2) is 36.4 Å². The number of rotatable bonds is 4. The lowest BCUT2D eigenvalue weighted by atomic mass is 10.1. The third-order valence-electron chi connectivity index (χ3n) is 2.80. The zero-order chi connectivity index (χ0) is 13.8. The van der Waals surface area contributed by atoms with E-state index in [9.17, 15) is 4.79 Å². The van der Waals surface area contributed by atoms with Crippen LogP contribution >= 0.6 is 0 Å². The molecule has 0 amide bonds. The van der Waals surface area contributed by atoms with Crippen molar-refractivity contribution in [3.05, 3.63) is 58.9 Å². The van der Waals surface area contributed by atoms with Crippen LogP contribution in [0.4, 0.5) is 0 Å². The smallest absolute Gasteiger partial charge is 0.335 e. The Balaban J connectivity index is 2.24. The van der Waals surface area contributed by atoms with Crippen molar-refractivity contribution in [1.29, 1.82) is 0 Å². The highest BCUT2D eigenvalue weighted by Gasteiger charge is 2.07. The first kappa shape index (κ1) is 13.1. The number of carbonyl (C=O) groups is 1. The molecule has 0 unspecified atom stereocenters. The van der Waals surface area contributed by atoms with Crippen LogP contribution in [0.5, 0.6) is 5.75 Å². The zero-order valence-electron chi connectivity index (χ0n) is 10.9. The lowest BCUT2D eigenvalue weighted by Crippen LogP contribution is -2.02. The van der Waals surface area contributed by atoms with Crippen LogP contribution in [0, 0.1) is 6.92 Å². The molecule has 0 fully saturated rings. The molecule has 1 N–H and O–H groups in total. The van der Waals surface area contributed by atoms with Crippen LogP contribution < -0.4 is 4.74 Å². The van der Waals surface area contributed by atoms with Crippen LogP contribution in [0.25, 0.3) is 0 Å². The molecule has 0 saturated carbocycles. The molecule has 4 heteroatoms. The van der Waals surface area contributed by atoms with Crippen molar-refractivity contribution in [3.8, 4) is 5.75 Å². The highest BCUT2D eigenvalue weighted by Crippen LogP contribution is 2.15. The van der Waals surface area contributed by atoms with E-state index in [1.54, 1.807) is 26.2 Å². The number of aromatic nitrogens is 1. The van der Waals surface area contributed by atoms with Gasteiger partial charge in [0.1, 0.15) is 5.75 Å². The number of aromatic carboxylic acids is 1. The van der Waals surface area contributed by atoms with Crippen LogP contribution in [-0.4, -0.2) is 23.2 Å². The van der Waals surface area contributed by atoms with Crippen molar-refractivity contribution in [3.63, 3.8) is 0 Å². The van der Waals surface area contributed by atoms with Gasteiger partial charge in [0.05, 0.1) is 12.7 Å². The maximum Gasteiger partial charge on any atom is 0.335 e. The van der Waals surface area contributed by atoms with Gasteiger partial charge in [0.25, 0.3) is 0 Å². The Kier molecular flexibility index (Phi) is 3.80. The Labute approximate surface area is 111 Å². The van der Waals surface area contributed by atoms with E-state index in [4.69, 9.17) is 9.84 Å². The fourth-order valence-corrected chi connectivity index (χ4v) is 1.90. The van der Waals surface area contributed by atoms with E-state index in [1.807, 2.05) is 24.3 Å². The van der Waals surface area contributed by atoms with Crippen molar-refractivity contribution in [2.24, 2.45) is 0 Å². The summed E-state index contributed by atoms with van der Waals surface area (Å²) in [6, 6.07) is 10.8. The number of hydrogen-bond acceptors (Lipinski definition) is 3. The molecule has 2 aromatic rings. The third kappa shape index (κ3) is 3.31. The number of nitrogens with zero attached hydrogens (tertiary/aromatic N) is 1. The van der Waals surface area contributed by atoms with Gasteiger partial charge in [0.2, 0.25) is 0 Å². The van der Waals surface area contributed by atoms with Crippen LogP contribution in [-0.2, 0) is 6.42 Å². The van der Waals surface area contributed by atoms with Crippen LogP contribution in [0.2, 0.25) is 0 Å². The molecule has 2 rings (SSSR count). The fraction of sp³-hybridized carbons (Fsp3) is 0.200. The number of benzene rings is 1. The average Bonchev–Trinajstić information content (AvgIpc) is 2.39. The predicted octanol–water partition coefficient (Wildman–Crippen LogP) is 2.69. The molecule has 0 spiro atoms. The molecule has 1 aromatic carbocycles. The average molecular weight is 257 g/mol.